The summed E-state index contributed by atoms with van der Waals surface area (Å²) in [5.74, 6) is 2.01. The molecule has 2 saturated heterocycles. The summed E-state index contributed by atoms with van der Waals surface area (Å²) < 4.78 is 44.1. The first-order valence-electron chi connectivity index (χ1n) is 9.42. The first-order valence-corrected chi connectivity index (χ1v) is 10.6. The maximum absolute atomic E-state index is 12.9. The third-order valence-electron chi connectivity index (χ3n) is 5.40. The molecule has 2 amide bonds. The Hall–Kier alpha value is -1.45. The zero-order valence-corrected chi connectivity index (χ0v) is 16.7. The second-order valence-corrected chi connectivity index (χ2v) is 8.40. The van der Waals surface area contributed by atoms with Crippen LogP contribution in [0.25, 0.3) is 0 Å². The molecule has 2 heterocycles. The summed E-state index contributed by atoms with van der Waals surface area (Å²) in [6.45, 7) is 5.30. The van der Waals surface area contributed by atoms with Crippen molar-refractivity contribution in [3.8, 4) is 0 Å². The molecule has 2 unspecified atom stereocenters. The maximum atomic E-state index is 12.9. The summed E-state index contributed by atoms with van der Waals surface area (Å²) in [5.41, 5.74) is -0.372. The average molecular weight is 417 g/mol. The van der Waals surface area contributed by atoms with Crippen LogP contribution in [0.2, 0.25) is 0 Å². The minimum atomic E-state index is -4.40. The van der Waals surface area contributed by atoms with E-state index in [0.717, 1.165) is 43.1 Å². The molecule has 1 aromatic rings. The van der Waals surface area contributed by atoms with Gasteiger partial charge in [0.15, 0.2) is 0 Å². The minimum Gasteiger partial charge on any atom is -0.379 e. The highest BCUT2D eigenvalue weighted by Gasteiger charge is 2.41. The molecule has 0 saturated carbocycles. The number of halogens is 3. The van der Waals surface area contributed by atoms with Crippen LogP contribution in [0.3, 0.4) is 0 Å². The number of nitrogens with one attached hydrogen (secondary N) is 2. The number of benzene rings is 1. The lowest BCUT2D eigenvalue weighted by atomic mass is 9.95. The highest BCUT2D eigenvalue weighted by molar-refractivity contribution is 7.99. The summed E-state index contributed by atoms with van der Waals surface area (Å²) in [7, 11) is 0. The van der Waals surface area contributed by atoms with Crippen molar-refractivity contribution in [1.82, 2.24) is 15.5 Å². The summed E-state index contributed by atoms with van der Waals surface area (Å²) in [4.78, 5) is 14.8. The van der Waals surface area contributed by atoms with Gasteiger partial charge < -0.3 is 15.4 Å². The monoisotopic (exact) mass is 417 g/mol. The molecule has 2 fully saturated rings. The smallest absolute Gasteiger partial charge is 0.379 e. The van der Waals surface area contributed by atoms with Crippen LogP contribution in [0, 0.1) is 0 Å². The van der Waals surface area contributed by atoms with E-state index in [1.165, 1.54) is 6.07 Å². The molecule has 0 aromatic heterocycles. The van der Waals surface area contributed by atoms with Crippen LogP contribution < -0.4 is 10.6 Å². The number of carbonyl (C=O) groups is 1. The predicted molar refractivity (Wildman–Crippen MR) is 103 cm³/mol. The van der Waals surface area contributed by atoms with E-state index >= 15 is 0 Å². The number of thioether (sulfide) groups is 1. The second kappa shape index (κ2) is 8.92. The maximum Gasteiger partial charge on any atom is 0.416 e. The quantitative estimate of drug-likeness (QED) is 0.772. The molecule has 2 aliphatic rings. The van der Waals surface area contributed by atoms with Crippen molar-refractivity contribution in [3.63, 3.8) is 0 Å². The molecular weight excluding hydrogens is 391 g/mol. The zero-order chi connectivity index (χ0) is 20.2. The van der Waals surface area contributed by atoms with E-state index in [9.17, 15) is 18.0 Å². The number of amides is 2. The molecule has 0 aliphatic carbocycles. The highest BCUT2D eigenvalue weighted by Crippen LogP contribution is 2.34. The highest BCUT2D eigenvalue weighted by atomic mass is 32.2. The first-order chi connectivity index (χ1) is 13.3. The van der Waals surface area contributed by atoms with Crippen LogP contribution in [0.4, 0.5) is 18.0 Å². The van der Waals surface area contributed by atoms with Gasteiger partial charge in [-0.15, -0.1) is 0 Å². The Morgan fingerprint density at radius 2 is 2.11 bits per heavy atom. The molecule has 0 radical (unpaired) electrons. The van der Waals surface area contributed by atoms with Crippen LogP contribution in [0.5, 0.6) is 0 Å². The van der Waals surface area contributed by atoms with Crippen molar-refractivity contribution in [2.75, 3.05) is 44.4 Å². The fourth-order valence-electron chi connectivity index (χ4n) is 3.69. The largest absolute Gasteiger partial charge is 0.416 e. The van der Waals surface area contributed by atoms with Gasteiger partial charge in [0.05, 0.1) is 24.8 Å². The molecule has 0 bridgehead atoms. The van der Waals surface area contributed by atoms with Gasteiger partial charge in [0, 0.05) is 30.9 Å². The number of alkyl halides is 3. The lowest BCUT2D eigenvalue weighted by Crippen LogP contribution is -2.59. The standard InChI is InChI=1S/C19H26F3N3O2S/c1-14(15-3-2-4-16(11-15)19(20,21)22)24-17(26)23-12-18(5-10-28-13-18)25-6-8-27-9-7-25/h2-4,11,14H,5-10,12-13H2,1H3,(H2,23,24,26). The van der Waals surface area contributed by atoms with Gasteiger partial charge in [-0.1, -0.05) is 12.1 Å². The molecule has 3 rings (SSSR count). The molecule has 28 heavy (non-hydrogen) atoms. The first kappa shape index (κ1) is 21.3. The normalized spacial score (nSPS) is 24.7. The lowest BCUT2D eigenvalue weighted by molar-refractivity contribution is -0.137. The van der Waals surface area contributed by atoms with Gasteiger partial charge in [-0.2, -0.15) is 24.9 Å². The van der Waals surface area contributed by atoms with Crippen LogP contribution in [-0.2, 0) is 10.9 Å². The van der Waals surface area contributed by atoms with Gasteiger partial charge in [0.2, 0.25) is 0 Å². The molecule has 2 N–H and O–H groups in total. The van der Waals surface area contributed by atoms with Crippen molar-refractivity contribution in [3.05, 3.63) is 35.4 Å². The summed E-state index contributed by atoms with van der Waals surface area (Å²) in [6, 6.07) is 4.16. The number of urea groups is 1. The van der Waals surface area contributed by atoms with Gasteiger partial charge in [-0.25, -0.2) is 4.79 Å². The van der Waals surface area contributed by atoms with E-state index in [4.69, 9.17) is 4.74 Å². The van der Waals surface area contributed by atoms with Crippen molar-refractivity contribution in [2.45, 2.75) is 31.1 Å². The van der Waals surface area contributed by atoms with Crippen molar-refractivity contribution in [1.29, 1.82) is 0 Å². The number of carbonyl (C=O) groups excluding carboxylic acids is 1. The van der Waals surface area contributed by atoms with Crippen molar-refractivity contribution < 1.29 is 22.7 Å². The molecule has 0 spiro atoms. The molecule has 1 aromatic carbocycles. The Labute approximate surface area is 167 Å². The molecule has 2 aliphatic heterocycles. The van der Waals surface area contributed by atoms with Crippen molar-refractivity contribution in [2.24, 2.45) is 0 Å². The number of hydrogen-bond acceptors (Lipinski definition) is 4. The van der Waals surface area contributed by atoms with Crippen LogP contribution >= 0.6 is 11.8 Å². The molecule has 9 heteroatoms. The third kappa shape index (κ3) is 5.12. The Kier molecular flexibility index (Phi) is 6.77. The Balaban J connectivity index is 1.57. The van der Waals surface area contributed by atoms with Gasteiger partial charge in [-0.05, 0) is 36.8 Å². The Morgan fingerprint density at radius 1 is 1.36 bits per heavy atom. The van der Waals surface area contributed by atoms with Crippen molar-refractivity contribution >= 4 is 17.8 Å². The average Bonchev–Trinajstić information content (AvgIpc) is 3.17. The molecule has 5 nitrogen and oxygen atoms in total. The van der Waals surface area contributed by atoms with Crippen LogP contribution in [0.1, 0.15) is 30.5 Å². The summed E-state index contributed by atoms with van der Waals surface area (Å²) in [6.07, 6.45) is -3.40. The Morgan fingerprint density at radius 3 is 2.75 bits per heavy atom. The van der Waals surface area contributed by atoms with Gasteiger partial charge in [0.25, 0.3) is 0 Å². The number of ether oxygens (including phenoxy) is 1. The third-order valence-corrected chi connectivity index (χ3v) is 6.64. The van der Waals surface area contributed by atoms with Gasteiger partial charge in [0.1, 0.15) is 0 Å². The minimum absolute atomic E-state index is 0.0781. The number of nitrogens with zero attached hydrogens (tertiary/aromatic N) is 1. The van der Waals surface area contributed by atoms with E-state index < -0.39 is 17.8 Å². The molecule has 156 valence electrons. The van der Waals surface area contributed by atoms with E-state index in [-0.39, 0.29) is 11.6 Å². The second-order valence-electron chi connectivity index (χ2n) is 7.30. The fourth-order valence-corrected chi connectivity index (χ4v) is 5.17. The summed E-state index contributed by atoms with van der Waals surface area (Å²) in [5, 5.41) is 5.69. The van der Waals surface area contributed by atoms with E-state index in [1.54, 1.807) is 13.0 Å². The summed E-state index contributed by atoms with van der Waals surface area (Å²) >= 11 is 1.88. The number of rotatable bonds is 5. The predicted octanol–water partition coefficient (Wildman–Crippen LogP) is 3.27. The number of morpholine rings is 1. The van der Waals surface area contributed by atoms with E-state index in [2.05, 4.69) is 15.5 Å². The molecule has 2 atom stereocenters. The van der Waals surface area contributed by atoms with E-state index in [0.29, 0.717) is 25.3 Å². The lowest BCUT2D eigenvalue weighted by Gasteiger charge is -2.43. The van der Waals surface area contributed by atoms with Gasteiger partial charge in [-0.3, -0.25) is 4.90 Å². The van der Waals surface area contributed by atoms with Crippen LogP contribution in [-0.4, -0.2) is 60.8 Å². The SMILES string of the molecule is CC(NC(=O)NCC1(N2CCOCC2)CCSC1)c1cccc(C(F)(F)F)c1. The van der Waals surface area contributed by atoms with E-state index in [1.807, 2.05) is 11.8 Å². The topological polar surface area (TPSA) is 53.6 Å². The number of hydrogen-bond donors (Lipinski definition) is 2. The zero-order valence-electron chi connectivity index (χ0n) is 15.8. The Bertz CT molecular complexity index is 675. The van der Waals surface area contributed by atoms with Gasteiger partial charge >= 0.3 is 12.2 Å². The van der Waals surface area contributed by atoms with Crippen LogP contribution in [0.15, 0.2) is 24.3 Å². The molecular formula is C19H26F3N3O2S. The fraction of sp³-hybridized carbons (Fsp3) is 0.632.